The van der Waals surface area contributed by atoms with Crippen LogP contribution in [0.2, 0.25) is 0 Å². The van der Waals surface area contributed by atoms with Crippen LogP contribution in [0.3, 0.4) is 0 Å². The number of rotatable bonds is 4. The van der Waals surface area contributed by atoms with Gasteiger partial charge < -0.3 is 5.11 Å². The fraction of sp³-hybridized carbons (Fsp3) is 0.588. The van der Waals surface area contributed by atoms with E-state index in [2.05, 4.69) is 4.90 Å². The predicted octanol–water partition coefficient (Wildman–Crippen LogP) is 3.35. The van der Waals surface area contributed by atoms with Gasteiger partial charge in [0.05, 0.1) is 0 Å². The molecule has 2 heterocycles. The first-order valence-corrected chi connectivity index (χ1v) is 7.75. The van der Waals surface area contributed by atoms with Crippen molar-refractivity contribution in [3.63, 3.8) is 0 Å². The van der Waals surface area contributed by atoms with Gasteiger partial charge in [0.15, 0.2) is 0 Å². The van der Waals surface area contributed by atoms with E-state index in [0.717, 1.165) is 43.4 Å². The minimum absolute atomic E-state index is 0.177. The molecule has 2 saturated heterocycles. The van der Waals surface area contributed by atoms with Crippen LogP contribution >= 0.6 is 0 Å². The minimum Gasteiger partial charge on any atom is -0.481 e. The Morgan fingerprint density at radius 2 is 2.00 bits per heavy atom. The Labute approximate surface area is 124 Å². The average Bonchev–Trinajstić information content (AvgIpc) is 2.65. The maximum Gasteiger partial charge on any atom is 0.303 e. The van der Waals surface area contributed by atoms with Crippen molar-refractivity contribution in [2.45, 2.75) is 57.7 Å². The van der Waals surface area contributed by atoms with Crippen LogP contribution in [0.25, 0.3) is 0 Å². The maximum atomic E-state index is 13.4. The number of aryl methyl sites for hydroxylation is 1. The summed E-state index contributed by atoms with van der Waals surface area (Å²) in [6, 6.07) is 5.92. The summed E-state index contributed by atoms with van der Waals surface area (Å²) in [5, 5.41) is 8.97. The van der Waals surface area contributed by atoms with Crippen LogP contribution in [-0.2, 0) is 11.3 Å². The first-order valence-electron chi connectivity index (χ1n) is 7.75. The highest BCUT2D eigenvalue weighted by atomic mass is 19.1. The topological polar surface area (TPSA) is 40.5 Å². The summed E-state index contributed by atoms with van der Waals surface area (Å²) in [5.41, 5.74) is 2.19. The van der Waals surface area contributed by atoms with E-state index >= 15 is 0 Å². The van der Waals surface area contributed by atoms with Crippen molar-refractivity contribution in [2.24, 2.45) is 5.92 Å². The van der Waals surface area contributed by atoms with Crippen LogP contribution < -0.4 is 0 Å². The van der Waals surface area contributed by atoms with Crippen LogP contribution in [0.1, 0.15) is 43.2 Å². The molecule has 1 aromatic rings. The van der Waals surface area contributed by atoms with Crippen molar-refractivity contribution >= 4 is 5.97 Å². The van der Waals surface area contributed by atoms with E-state index in [4.69, 9.17) is 5.11 Å². The van der Waals surface area contributed by atoms with E-state index in [0.29, 0.717) is 24.4 Å². The summed E-state index contributed by atoms with van der Waals surface area (Å²) in [4.78, 5) is 13.4. The Morgan fingerprint density at radius 1 is 1.33 bits per heavy atom. The summed E-state index contributed by atoms with van der Waals surface area (Å²) in [6.45, 7) is 2.81. The molecule has 3 nitrogen and oxygen atoms in total. The van der Waals surface area contributed by atoms with Crippen molar-refractivity contribution in [1.29, 1.82) is 0 Å². The van der Waals surface area contributed by atoms with E-state index in [1.165, 1.54) is 6.07 Å². The van der Waals surface area contributed by atoms with Gasteiger partial charge in [-0.25, -0.2) is 4.39 Å². The lowest BCUT2D eigenvalue weighted by molar-refractivity contribution is -0.138. The molecule has 4 heteroatoms. The number of hydrogen-bond acceptors (Lipinski definition) is 2. The van der Waals surface area contributed by atoms with Gasteiger partial charge in [0.25, 0.3) is 0 Å². The third-order valence-electron chi connectivity index (χ3n) is 5.11. The molecule has 1 N–H and O–H groups in total. The van der Waals surface area contributed by atoms with Crippen LogP contribution in [0.4, 0.5) is 4.39 Å². The molecular weight excluding hydrogens is 269 g/mol. The Bertz CT molecular complexity index is 532. The third kappa shape index (κ3) is 3.10. The molecule has 0 radical (unpaired) electrons. The Hall–Kier alpha value is -1.42. The summed E-state index contributed by atoms with van der Waals surface area (Å²) in [7, 11) is 0. The van der Waals surface area contributed by atoms with Gasteiger partial charge >= 0.3 is 5.97 Å². The first-order chi connectivity index (χ1) is 10.0. The Morgan fingerprint density at radius 3 is 2.62 bits per heavy atom. The Kier molecular flexibility index (Phi) is 3.98. The van der Waals surface area contributed by atoms with Gasteiger partial charge in [-0.05, 0) is 61.8 Å². The summed E-state index contributed by atoms with van der Waals surface area (Å²) in [6.07, 6.45) is 4.53. The zero-order chi connectivity index (χ0) is 15.0. The minimum atomic E-state index is -0.686. The summed E-state index contributed by atoms with van der Waals surface area (Å²) >= 11 is 0. The standard InChI is InChI=1S/C17H22FNO2/c1-11-2-3-14(18)9-13(11)10-19-15-4-5-16(19)7-12(6-15)8-17(20)21/h2-3,9,12,15-16H,4-8,10H2,1H3,(H,20,21). The van der Waals surface area contributed by atoms with E-state index in [9.17, 15) is 9.18 Å². The zero-order valence-corrected chi connectivity index (χ0v) is 12.4. The number of carboxylic acids is 1. The monoisotopic (exact) mass is 291 g/mol. The fourth-order valence-electron chi connectivity index (χ4n) is 4.07. The number of nitrogens with zero attached hydrogens (tertiary/aromatic N) is 1. The van der Waals surface area contributed by atoms with Gasteiger partial charge in [-0.15, -0.1) is 0 Å². The molecule has 0 aromatic heterocycles. The number of fused-ring (bicyclic) bond motifs is 2. The average molecular weight is 291 g/mol. The van der Waals surface area contributed by atoms with E-state index in [1.54, 1.807) is 6.07 Å². The van der Waals surface area contributed by atoms with Gasteiger partial charge in [-0.2, -0.15) is 0 Å². The highest BCUT2D eigenvalue weighted by Crippen LogP contribution is 2.40. The smallest absolute Gasteiger partial charge is 0.303 e. The highest BCUT2D eigenvalue weighted by molar-refractivity contribution is 5.67. The van der Waals surface area contributed by atoms with E-state index in [1.807, 2.05) is 13.0 Å². The van der Waals surface area contributed by atoms with Crippen LogP contribution in [0.5, 0.6) is 0 Å². The van der Waals surface area contributed by atoms with E-state index in [-0.39, 0.29) is 5.82 Å². The SMILES string of the molecule is Cc1ccc(F)cc1CN1C2CCC1CC(CC(=O)O)C2. The molecule has 114 valence electrons. The lowest BCUT2D eigenvalue weighted by atomic mass is 9.88. The van der Waals surface area contributed by atoms with Crippen LogP contribution in [-0.4, -0.2) is 28.1 Å². The van der Waals surface area contributed by atoms with Gasteiger partial charge in [0, 0.05) is 25.0 Å². The zero-order valence-electron chi connectivity index (χ0n) is 12.4. The largest absolute Gasteiger partial charge is 0.481 e. The second-order valence-corrected chi connectivity index (χ2v) is 6.56. The molecule has 1 aromatic carbocycles. The second-order valence-electron chi connectivity index (χ2n) is 6.56. The molecule has 2 fully saturated rings. The molecule has 2 unspecified atom stereocenters. The number of benzene rings is 1. The van der Waals surface area contributed by atoms with Gasteiger partial charge in [0.1, 0.15) is 5.82 Å². The summed E-state index contributed by atoms with van der Waals surface area (Å²) in [5.74, 6) is -0.553. The quantitative estimate of drug-likeness (QED) is 0.925. The molecule has 2 bridgehead atoms. The number of hydrogen-bond donors (Lipinski definition) is 1. The van der Waals surface area contributed by atoms with Crippen LogP contribution in [0, 0.1) is 18.7 Å². The van der Waals surface area contributed by atoms with Crippen LogP contribution in [0.15, 0.2) is 18.2 Å². The molecule has 2 atom stereocenters. The first kappa shape index (κ1) is 14.5. The number of halogens is 1. The normalized spacial score (nSPS) is 28.8. The van der Waals surface area contributed by atoms with E-state index < -0.39 is 5.97 Å². The van der Waals surface area contributed by atoms with Gasteiger partial charge in [-0.3, -0.25) is 9.69 Å². The molecule has 0 amide bonds. The van der Waals surface area contributed by atoms with Gasteiger partial charge in [-0.1, -0.05) is 6.07 Å². The van der Waals surface area contributed by atoms with Crippen molar-refractivity contribution < 1.29 is 14.3 Å². The third-order valence-corrected chi connectivity index (χ3v) is 5.11. The predicted molar refractivity (Wildman–Crippen MR) is 78.5 cm³/mol. The van der Waals surface area contributed by atoms with Crippen molar-refractivity contribution in [3.05, 3.63) is 35.1 Å². The number of carboxylic acid groups (broad SMARTS) is 1. The molecule has 0 saturated carbocycles. The molecule has 3 rings (SSSR count). The molecule has 0 aliphatic carbocycles. The lowest BCUT2D eigenvalue weighted by Crippen LogP contribution is -2.42. The number of piperidine rings is 1. The van der Waals surface area contributed by atoms with Gasteiger partial charge in [0.2, 0.25) is 0 Å². The molecule has 21 heavy (non-hydrogen) atoms. The van der Waals surface area contributed by atoms with Crippen molar-refractivity contribution in [3.8, 4) is 0 Å². The number of aliphatic carboxylic acids is 1. The second kappa shape index (κ2) is 5.76. The maximum absolute atomic E-state index is 13.4. The number of carbonyl (C=O) groups is 1. The molecule has 2 aliphatic heterocycles. The fourth-order valence-corrected chi connectivity index (χ4v) is 4.07. The van der Waals surface area contributed by atoms with Crippen molar-refractivity contribution in [1.82, 2.24) is 4.90 Å². The summed E-state index contributed by atoms with van der Waals surface area (Å²) < 4.78 is 13.4. The molecular formula is C17H22FNO2. The molecule has 0 spiro atoms. The molecule has 2 aliphatic rings. The Balaban J connectivity index is 1.71. The van der Waals surface area contributed by atoms with Crippen molar-refractivity contribution in [2.75, 3.05) is 0 Å². The highest BCUT2D eigenvalue weighted by Gasteiger charge is 2.41. The lowest BCUT2D eigenvalue weighted by Gasteiger charge is -2.39.